The third kappa shape index (κ3) is 4.55. The molecule has 1 rings (SSSR count). The maximum absolute atomic E-state index is 12.3. The van der Waals surface area contributed by atoms with Crippen LogP contribution < -0.4 is 0 Å². The van der Waals surface area contributed by atoms with E-state index < -0.39 is 28.9 Å². The number of hydrogen-bond acceptors (Lipinski definition) is 2. The summed E-state index contributed by atoms with van der Waals surface area (Å²) in [4.78, 5) is 21.7. The highest BCUT2D eigenvalue weighted by Crippen LogP contribution is 2.29. The van der Waals surface area contributed by atoms with Crippen LogP contribution >= 0.6 is 11.6 Å². The molecular weight excluding hydrogens is 285 g/mol. The van der Waals surface area contributed by atoms with Gasteiger partial charge in [0.2, 0.25) is 0 Å². The van der Waals surface area contributed by atoms with Gasteiger partial charge < -0.3 is 5.11 Å². The third-order valence-electron chi connectivity index (χ3n) is 2.44. The van der Waals surface area contributed by atoms with Gasteiger partial charge >= 0.3 is 12.1 Å². The number of carbonyl (C=O) groups excluding carboxylic acids is 1. The van der Waals surface area contributed by atoms with E-state index in [2.05, 4.69) is 0 Å². The van der Waals surface area contributed by atoms with Gasteiger partial charge in [0, 0.05) is 6.42 Å². The van der Waals surface area contributed by atoms with Crippen molar-refractivity contribution in [2.24, 2.45) is 0 Å². The van der Waals surface area contributed by atoms with Crippen LogP contribution in [0.2, 0.25) is 0 Å². The lowest BCUT2D eigenvalue weighted by Gasteiger charge is -2.08. The molecule has 0 radical (unpaired) electrons. The number of benzene rings is 1. The first-order valence-corrected chi connectivity index (χ1v) is 5.71. The summed E-state index contributed by atoms with van der Waals surface area (Å²) in [5.41, 5.74) is -0.265. The Labute approximate surface area is 112 Å². The number of halogens is 4. The Morgan fingerprint density at radius 3 is 2.16 bits per heavy atom. The number of carbonyl (C=O) groups is 2. The summed E-state index contributed by atoms with van der Waals surface area (Å²) >= 11 is 5.32. The van der Waals surface area contributed by atoms with Crippen molar-refractivity contribution in [1.82, 2.24) is 0 Å². The van der Waals surface area contributed by atoms with E-state index >= 15 is 0 Å². The van der Waals surface area contributed by atoms with Crippen LogP contribution in [-0.4, -0.2) is 22.2 Å². The fraction of sp³-hybridized carbons (Fsp3) is 0.333. The van der Waals surface area contributed by atoms with Gasteiger partial charge in [-0.2, -0.15) is 13.2 Å². The molecule has 1 aromatic rings. The monoisotopic (exact) mass is 294 g/mol. The molecule has 0 saturated heterocycles. The maximum Gasteiger partial charge on any atom is 0.416 e. The molecule has 0 aliphatic heterocycles. The van der Waals surface area contributed by atoms with E-state index in [1.165, 1.54) is 12.1 Å². The van der Waals surface area contributed by atoms with Crippen LogP contribution in [0.5, 0.6) is 0 Å². The Bertz CT molecular complexity index is 468. The van der Waals surface area contributed by atoms with Crippen LogP contribution in [0.4, 0.5) is 13.2 Å². The van der Waals surface area contributed by atoms with E-state index in [-0.39, 0.29) is 12.8 Å². The number of hydrogen-bond donors (Lipinski definition) is 1. The van der Waals surface area contributed by atoms with Crippen LogP contribution in [0.3, 0.4) is 0 Å². The number of alkyl halides is 4. The summed E-state index contributed by atoms with van der Waals surface area (Å²) < 4.78 is 36.9. The average Bonchev–Trinajstić information content (AvgIpc) is 2.34. The maximum atomic E-state index is 12.3. The van der Waals surface area contributed by atoms with Crippen molar-refractivity contribution in [3.05, 3.63) is 35.4 Å². The zero-order valence-electron chi connectivity index (χ0n) is 9.58. The van der Waals surface area contributed by atoms with Crippen LogP contribution in [-0.2, 0) is 22.2 Å². The molecule has 0 bridgehead atoms. The highest BCUT2D eigenvalue weighted by Gasteiger charge is 2.30. The molecule has 1 aromatic carbocycles. The first-order valence-electron chi connectivity index (χ1n) is 5.27. The van der Waals surface area contributed by atoms with Gasteiger partial charge in [-0.05, 0) is 24.1 Å². The molecule has 19 heavy (non-hydrogen) atoms. The molecule has 1 unspecified atom stereocenters. The molecule has 0 heterocycles. The lowest BCUT2D eigenvalue weighted by molar-refractivity contribution is -0.140. The molecule has 104 valence electrons. The van der Waals surface area contributed by atoms with Crippen LogP contribution in [0.25, 0.3) is 0 Å². The first kappa shape index (κ1) is 15.5. The Morgan fingerprint density at radius 2 is 1.74 bits per heavy atom. The number of aryl methyl sites for hydroxylation is 1. The smallest absolute Gasteiger partial charge is 0.416 e. The van der Waals surface area contributed by atoms with Gasteiger partial charge in [-0.3, -0.25) is 9.59 Å². The SMILES string of the molecule is O=C(O)C(Cl)C(=O)CCc1ccc(C(F)(F)F)cc1. The van der Waals surface area contributed by atoms with Gasteiger partial charge in [-0.15, -0.1) is 11.6 Å². The van der Waals surface area contributed by atoms with Crippen molar-refractivity contribution in [2.75, 3.05) is 0 Å². The van der Waals surface area contributed by atoms with E-state index in [1.807, 2.05) is 0 Å². The van der Waals surface area contributed by atoms with Crippen molar-refractivity contribution >= 4 is 23.4 Å². The number of carboxylic acids is 1. The minimum atomic E-state index is -4.40. The molecule has 0 aromatic heterocycles. The summed E-state index contributed by atoms with van der Waals surface area (Å²) in [5.74, 6) is -2.10. The second-order valence-corrected chi connectivity index (χ2v) is 4.30. The molecular formula is C12H10ClF3O3. The van der Waals surface area contributed by atoms with Crippen molar-refractivity contribution < 1.29 is 27.9 Å². The molecule has 0 saturated carbocycles. The average molecular weight is 295 g/mol. The molecule has 0 fully saturated rings. The lowest BCUT2D eigenvalue weighted by Crippen LogP contribution is -2.24. The van der Waals surface area contributed by atoms with Gasteiger partial charge in [0.25, 0.3) is 0 Å². The number of aliphatic carboxylic acids is 1. The van der Waals surface area contributed by atoms with Gasteiger partial charge in [0.05, 0.1) is 5.56 Å². The second-order valence-electron chi connectivity index (χ2n) is 3.86. The first-order chi connectivity index (χ1) is 8.71. The highest BCUT2D eigenvalue weighted by molar-refractivity contribution is 6.40. The molecule has 0 spiro atoms. The molecule has 1 N–H and O–H groups in total. The summed E-state index contributed by atoms with van der Waals surface area (Å²) in [6.07, 6.45) is -4.39. The Morgan fingerprint density at radius 1 is 1.21 bits per heavy atom. The third-order valence-corrected chi connectivity index (χ3v) is 2.87. The Hall–Kier alpha value is -1.56. The van der Waals surface area contributed by atoms with E-state index in [9.17, 15) is 22.8 Å². The van der Waals surface area contributed by atoms with Crippen LogP contribution in [0, 0.1) is 0 Å². The summed E-state index contributed by atoms with van der Waals surface area (Å²) in [6, 6.07) is 4.32. The van der Waals surface area contributed by atoms with Gasteiger partial charge in [-0.1, -0.05) is 12.1 Å². The number of rotatable bonds is 5. The molecule has 1 atom stereocenters. The largest absolute Gasteiger partial charge is 0.480 e. The van der Waals surface area contributed by atoms with E-state index in [0.717, 1.165) is 12.1 Å². The van der Waals surface area contributed by atoms with Gasteiger partial charge in [0.1, 0.15) is 0 Å². The van der Waals surface area contributed by atoms with Gasteiger partial charge in [0.15, 0.2) is 11.2 Å². The van der Waals surface area contributed by atoms with E-state index in [0.29, 0.717) is 5.56 Å². The highest BCUT2D eigenvalue weighted by atomic mass is 35.5. The number of ketones is 1. The Kier molecular flexibility index (Phi) is 4.94. The van der Waals surface area contributed by atoms with Crippen LogP contribution in [0.15, 0.2) is 24.3 Å². The quantitative estimate of drug-likeness (QED) is 0.671. The minimum absolute atomic E-state index is 0.133. The van der Waals surface area contributed by atoms with E-state index in [1.54, 1.807) is 0 Å². The normalized spacial score (nSPS) is 13.1. The minimum Gasteiger partial charge on any atom is -0.480 e. The zero-order chi connectivity index (χ0) is 14.6. The lowest BCUT2D eigenvalue weighted by atomic mass is 10.0. The standard InChI is InChI=1S/C12H10ClF3O3/c13-10(11(18)19)9(17)6-3-7-1-4-8(5-2-7)12(14,15)16/h1-2,4-5,10H,3,6H2,(H,18,19). The fourth-order valence-electron chi connectivity index (χ4n) is 1.39. The molecule has 0 aliphatic rings. The molecule has 3 nitrogen and oxygen atoms in total. The number of carboxylic acid groups (broad SMARTS) is 1. The fourth-order valence-corrected chi connectivity index (χ4v) is 1.50. The van der Waals surface area contributed by atoms with E-state index in [4.69, 9.17) is 16.7 Å². The summed E-state index contributed by atoms with van der Waals surface area (Å²) in [6.45, 7) is 0. The van der Waals surface area contributed by atoms with Crippen molar-refractivity contribution in [1.29, 1.82) is 0 Å². The predicted octanol–water partition coefficient (Wildman–Crippen LogP) is 2.90. The van der Waals surface area contributed by atoms with Crippen molar-refractivity contribution in [3.63, 3.8) is 0 Å². The summed E-state index contributed by atoms with van der Waals surface area (Å²) in [7, 11) is 0. The van der Waals surface area contributed by atoms with Crippen LogP contribution in [0.1, 0.15) is 17.5 Å². The molecule has 0 aliphatic carbocycles. The second kappa shape index (κ2) is 6.06. The predicted molar refractivity (Wildman–Crippen MR) is 62.0 cm³/mol. The number of Topliss-reactive ketones (excluding diaryl/α,β-unsaturated/α-hetero) is 1. The molecule has 7 heteroatoms. The topological polar surface area (TPSA) is 54.4 Å². The van der Waals surface area contributed by atoms with Gasteiger partial charge in [-0.25, -0.2) is 0 Å². The zero-order valence-corrected chi connectivity index (χ0v) is 10.3. The van der Waals surface area contributed by atoms with Crippen molar-refractivity contribution in [2.45, 2.75) is 24.4 Å². The summed E-state index contributed by atoms with van der Waals surface area (Å²) in [5, 5.41) is 6.88. The van der Waals surface area contributed by atoms with Crippen molar-refractivity contribution in [3.8, 4) is 0 Å². The molecule has 0 amide bonds. The Balaban J connectivity index is 2.60.